The van der Waals surface area contributed by atoms with Crippen LogP contribution >= 0.6 is 0 Å². The van der Waals surface area contributed by atoms with E-state index in [2.05, 4.69) is 33.9 Å². The summed E-state index contributed by atoms with van der Waals surface area (Å²) in [6.45, 7) is 12.8. The second kappa shape index (κ2) is 10.6. The second-order valence-electron chi connectivity index (χ2n) is 9.36. The van der Waals surface area contributed by atoms with Crippen LogP contribution in [0.3, 0.4) is 0 Å². The number of carbonyl (C=O) groups excluding carboxylic acids is 2. The molecule has 0 bridgehead atoms. The molecule has 8 nitrogen and oxygen atoms in total. The van der Waals surface area contributed by atoms with E-state index in [1.165, 1.54) is 13.8 Å². The number of carbonyl (C=O) groups is 2. The summed E-state index contributed by atoms with van der Waals surface area (Å²) in [5.41, 5.74) is -1.16. The highest BCUT2D eigenvalue weighted by Gasteiger charge is 2.52. The minimum absolute atomic E-state index is 0.0186. The molecule has 1 fully saturated rings. The van der Waals surface area contributed by atoms with E-state index in [1.807, 2.05) is 0 Å². The number of hydrogen-bond acceptors (Lipinski definition) is 8. The van der Waals surface area contributed by atoms with Gasteiger partial charge in [0, 0.05) is 18.7 Å². The zero-order valence-electron chi connectivity index (χ0n) is 19.7. The standard InChI is InChI=1S/C22H34O8SSi/c1-14(23)28-19-18(25)17(13-27-32(6,7)22(3,4)5)30-21(20(19)29-15(2)24)31(26)16-11-9-8-10-12-16/h8-12,17-21,25H,13H2,1-7H3/t17-,18-,19+,20-,21+,31?/m1/s1. The van der Waals surface area contributed by atoms with Gasteiger partial charge in [-0.25, -0.2) is 0 Å². The fourth-order valence-corrected chi connectivity index (χ4v) is 5.44. The number of esters is 2. The Morgan fingerprint density at radius 1 is 1.06 bits per heavy atom. The lowest BCUT2D eigenvalue weighted by atomic mass is 10.00. The number of aliphatic hydroxyl groups excluding tert-OH is 1. The molecule has 180 valence electrons. The zero-order valence-corrected chi connectivity index (χ0v) is 21.5. The van der Waals surface area contributed by atoms with E-state index in [4.69, 9.17) is 18.6 Å². The monoisotopic (exact) mass is 486 g/mol. The smallest absolute Gasteiger partial charge is 0.303 e. The van der Waals surface area contributed by atoms with Gasteiger partial charge in [-0.05, 0) is 30.3 Å². The maximum absolute atomic E-state index is 13.4. The lowest BCUT2D eigenvalue weighted by molar-refractivity contribution is -0.228. The van der Waals surface area contributed by atoms with Crippen molar-refractivity contribution in [3.05, 3.63) is 30.3 Å². The van der Waals surface area contributed by atoms with Crippen molar-refractivity contribution in [1.82, 2.24) is 0 Å². The Morgan fingerprint density at radius 2 is 1.59 bits per heavy atom. The molecule has 0 saturated carbocycles. The fraction of sp³-hybridized carbons (Fsp3) is 0.636. The first-order valence-corrected chi connectivity index (χ1v) is 14.6. The van der Waals surface area contributed by atoms with E-state index in [0.29, 0.717) is 4.90 Å². The van der Waals surface area contributed by atoms with Crippen molar-refractivity contribution >= 4 is 31.1 Å². The molecule has 10 heteroatoms. The fourth-order valence-electron chi connectivity index (χ4n) is 3.04. The van der Waals surface area contributed by atoms with Gasteiger partial charge in [0.25, 0.3) is 0 Å². The molecule has 1 aliphatic rings. The minimum Gasteiger partial charge on any atom is -0.456 e. The van der Waals surface area contributed by atoms with Gasteiger partial charge >= 0.3 is 11.9 Å². The minimum atomic E-state index is -2.19. The molecular formula is C22H34O8SSi. The number of aliphatic hydroxyl groups is 1. The topological polar surface area (TPSA) is 108 Å². The van der Waals surface area contributed by atoms with Gasteiger partial charge in [0.1, 0.15) is 12.2 Å². The molecule has 0 aliphatic carbocycles. The molecule has 0 amide bonds. The average molecular weight is 487 g/mol. The largest absolute Gasteiger partial charge is 0.456 e. The molecule has 0 aromatic heterocycles. The Morgan fingerprint density at radius 3 is 2.09 bits per heavy atom. The quantitative estimate of drug-likeness (QED) is 0.463. The van der Waals surface area contributed by atoms with Gasteiger partial charge < -0.3 is 23.7 Å². The summed E-state index contributed by atoms with van der Waals surface area (Å²) >= 11 is 0. The molecular weight excluding hydrogens is 452 g/mol. The molecule has 1 heterocycles. The molecule has 2 rings (SSSR count). The summed E-state index contributed by atoms with van der Waals surface area (Å²) in [7, 11) is -3.96. The van der Waals surface area contributed by atoms with Crippen LogP contribution in [0, 0.1) is 0 Å². The Hall–Kier alpha value is -1.59. The third-order valence-corrected chi connectivity index (χ3v) is 11.9. The van der Waals surface area contributed by atoms with Crippen LogP contribution in [-0.2, 0) is 39.0 Å². The SMILES string of the molecule is CC(=O)O[C@@H]1[C@@H](OC(C)=O)[C@H](O)[C@@H](CO[Si](C)(C)C(C)(C)C)O[C@H]1S(=O)c1ccccc1. The lowest BCUT2D eigenvalue weighted by Crippen LogP contribution is -2.62. The number of rotatable bonds is 7. The van der Waals surface area contributed by atoms with Gasteiger partial charge in [0.05, 0.1) is 17.4 Å². The van der Waals surface area contributed by atoms with Gasteiger partial charge in [-0.15, -0.1) is 0 Å². The Balaban J connectivity index is 2.39. The average Bonchev–Trinajstić information content (AvgIpc) is 2.69. The van der Waals surface area contributed by atoms with Crippen molar-refractivity contribution in [3.8, 4) is 0 Å². The van der Waals surface area contributed by atoms with Crippen LogP contribution < -0.4 is 0 Å². The highest BCUT2D eigenvalue weighted by Crippen LogP contribution is 2.38. The highest BCUT2D eigenvalue weighted by molar-refractivity contribution is 7.85. The van der Waals surface area contributed by atoms with Crippen LogP contribution in [0.15, 0.2) is 35.2 Å². The maximum Gasteiger partial charge on any atom is 0.303 e. The van der Waals surface area contributed by atoms with E-state index in [9.17, 15) is 18.9 Å². The van der Waals surface area contributed by atoms with Gasteiger partial charge in [-0.3, -0.25) is 13.8 Å². The van der Waals surface area contributed by atoms with Crippen LogP contribution in [0.1, 0.15) is 34.6 Å². The molecule has 1 aromatic rings. The first-order valence-electron chi connectivity index (χ1n) is 10.5. The summed E-state index contributed by atoms with van der Waals surface area (Å²) in [6.07, 6.45) is -4.78. The third-order valence-electron chi connectivity index (χ3n) is 5.82. The first-order chi connectivity index (χ1) is 14.7. The van der Waals surface area contributed by atoms with Crippen molar-refractivity contribution in [2.75, 3.05) is 6.61 Å². The normalized spacial score (nSPS) is 27.4. The molecule has 6 atom stereocenters. The number of benzene rings is 1. The predicted molar refractivity (Wildman–Crippen MR) is 122 cm³/mol. The summed E-state index contributed by atoms with van der Waals surface area (Å²) in [5, 5.41) is 10.9. The zero-order chi connectivity index (χ0) is 24.3. The van der Waals surface area contributed by atoms with Crippen molar-refractivity contribution in [2.45, 2.75) is 87.5 Å². The molecule has 32 heavy (non-hydrogen) atoms. The lowest BCUT2D eigenvalue weighted by Gasteiger charge is -2.44. The van der Waals surface area contributed by atoms with E-state index in [0.717, 1.165) is 0 Å². The molecule has 0 radical (unpaired) electrons. The Bertz CT molecular complexity index is 823. The summed E-state index contributed by atoms with van der Waals surface area (Å²) in [5.74, 6) is -1.34. The molecule has 0 spiro atoms. The van der Waals surface area contributed by atoms with Crippen LogP contribution in [0.25, 0.3) is 0 Å². The van der Waals surface area contributed by atoms with Gasteiger partial charge in [0.2, 0.25) is 0 Å². The third kappa shape index (κ3) is 6.47. The Labute approximate surface area is 193 Å². The van der Waals surface area contributed by atoms with Crippen LogP contribution in [0.4, 0.5) is 0 Å². The van der Waals surface area contributed by atoms with E-state index in [1.54, 1.807) is 30.3 Å². The number of ether oxygens (including phenoxy) is 3. The molecule has 1 aliphatic heterocycles. The first kappa shape index (κ1) is 26.7. The second-order valence-corrected chi connectivity index (χ2v) is 15.7. The molecule has 1 unspecified atom stereocenters. The summed E-state index contributed by atoms with van der Waals surface area (Å²) in [4.78, 5) is 24.0. The van der Waals surface area contributed by atoms with Gasteiger partial charge in [0.15, 0.2) is 26.0 Å². The van der Waals surface area contributed by atoms with E-state index in [-0.39, 0.29) is 11.6 Å². The maximum atomic E-state index is 13.4. The van der Waals surface area contributed by atoms with Crippen LogP contribution in [0.2, 0.25) is 18.1 Å². The van der Waals surface area contributed by atoms with Gasteiger partial charge in [-0.1, -0.05) is 39.0 Å². The van der Waals surface area contributed by atoms with Crippen molar-refractivity contribution in [2.24, 2.45) is 0 Å². The Kier molecular flexibility index (Phi) is 8.80. The molecule has 1 N–H and O–H groups in total. The van der Waals surface area contributed by atoms with Gasteiger partial charge in [-0.2, -0.15) is 0 Å². The van der Waals surface area contributed by atoms with Crippen molar-refractivity contribution in [3.63, 3.8) is 0 Å². The molecule has 1 aromatic carbocycles. The van der Waals surface area contributed by atoms with E-state index < -0.39 is 60.9 Å². The predicted octanol–water partition coefficient (Wildman–Crippen LogP) is 2.77. The van der Waals surface area contributed by atoms with Crippen LogP contribution in [-0.4, -0.2) is 66.0 Å². The number of hydrogen-bond donors (Lipinski definition) is 1. The van der Waals surface area contributed by atoms with Crippen LogP contribution in [0.5, 0.6) is 0 Å². The van der Waals surface area contributed by atoms with E-state index >= 15 is 0 Å². The summed E-state index contributed by atoms with van der Waals surface area (Å²) < 4.78 is 36.3. The van der Waals surface area contributed by atoms with Crippen molar-refractivity contribution < 1.29 is 37.5 Å². The highest BCUT2D eigenvalue weighted by atomic mass is 32.2. The summed E-state index contributed by atoms with van der Waals surface area (Å²) in [6, 6.07) is 8.57. The molecule has 1 saturated heterocycles. The van der Waals surface area contributed by atoms with Crippen molar-refractivity contribution in [1.29, 1.82) is 0 Å².